The topological polar surface area (TPSA) is 50.3 Å². The molecule has 0 amide bonds. The van der Waals surface area contributed by atoms with Crippen molar-refractivity contribution in [3.63, 3.8) is 0 Å². The van der Waals surface area contributed by atoms with Gasteiger partial charge in [0.25, 0.3) is 0 Å². The van der Waals surface area contributed by atoms with Crippen LogP contribution in [-0.2, 0) is 4.74 Å². The maximum absolute atomic E-state index is 6.15. The van der Waals surface area contributed by atoms with E-state index in [1.807, 2.05) is 12.1 Å². The lowest BCUT2D eigenvalue weighted by Gasteiger charge is -2.27. The summed E-state index contributed by atoms with van der Waals surface area (Å²) in [7, 11) is 0. The second kappa shape index (κ2) is 6.47. The van der Waals surface area contributed by atoms with Gasteiger partial charge < -0.3 is 15.0 Å². The Labute approximate surface area is 132 Å². The third-order valence-corrected chi connectivity index (χ3v) is 3.73. The zero-order valence-corrected chi connectivity index (χ0v) is 12.7. The summed E-state index contributed by atoms with van der Waals surface area (Å²) < 4.78 is 5.34. The first-order valence-electron chi connectivity index (χ1n) is 6.59. The number of hydrogen-bond acceptors (Lipinski definition) is 5. The minimum absolute atomic E-state index is 0.550. The molecule has 0 bridgehead atoms. The summed E-state index contributed by atoms with van der Waals surface area (Å²) in [4.78, 5) is 10.7. The normalized spacial score (nSPS) is 15.0. The van der Waals surface area contributed by atoms with Crippen molar-refractivity contribution in [1.82, 2.24) is 9.97 Å². The molecule has 3 rings (SSSR count). The average molecular weight is 325 g/mol. The molecule has 0 spiro atoms. The molecule has 1 aliphatic heterocycles. The number of anilines is 3. The van der Waals surface area contributed by atoms with Gasteiger partial charge in [-0.15, -0.1) is 0 Å². The van der Waals surface area contributed by atoms with Crippen molar-refractivity contribution in [3.8, 4) is 0 Å². The van der Waals surface area contributed by atoms with Crippen LogP contribution in [0.4, 0.5) is 17.3 Å². The van der Waals surface area contributed by atoms with Gasteiger partial charge in [0.2, 0.25) is 0 Å². The Kier molecular flexibility index (Phi) is 4.43. The molecular weight excluding hydrogens is 311 g/mol. The molecule has 5 nitrogen and oxygen atoms in total. The van der Waals surface area contributed by atoms with Crippen LogP contribution in [0.3, 0.4) is 0 Å². The summed E-state index contributed by atoms with van der Waals surface area (Å²) in [5.74, 6) is 1.57. The van der Waals surface area contributed by atoms with Crippen molar-refractivity contribution in [2.24, 2.45) is 0 Å². The van der Waals surface area contributed by atoms with E-state index in [-0.39, 0.29) is 0 Å². The first kappa shape index (κ1) is 14.4. The Balaban J connectivity index is 1.79. The Hall–Kier alpha value is -1.56. The molecule has 1 aromatic carbocycles. The molecule has 2 heterocycles. The van der Waals surface area contributed by atoms with E-state index in [0.29, 0.717) is 15.9 Å². The summed E-state index contributed by atoms with van der Waals surface area (Å²) in [6.07, 6.45) is 1.54. The third-order valence-electron chi connectivity index (χ3n) is 3.18. The van der Waals surface area contributed by atoms with Gasteiger partial charge in [-0.3, -0.25) is 0 Å². The van der Waals surface area contributed by atoms with Gasteiger partial charge in [0.15, 0.2) is 0 Å². The van der Waals surface area contributed by atoms with Crippen LogP contribution in [-0.4, -0.2) is 36.3 Å². The van der Waals surface area contributed by atoms with Crippen LogP contribution in [0.1, 0.15) is 0 Å². The second-order valence-electron chi connectivity index (χ2n) is 4.61. The van der Waals surface area contributed by atoms with Crippen molar-refractivity contribution in [2.45, 2.75) is 0 Å². The molecule has 2 aromatic rings. The summed E-state index contributed by atoms with van der Waals surface area (Å²) in [6, 6.07) is 7.19. The van der Waals surface area contributed by atoms with Crippen LogP contribution in [0.5, 0.6) is 0 Å². The number of nitrogens with zero attached hydrogens (tertiary/aromatic N) is 3. The Morgan fingerprint density at radius 2 is 1.90 bits per heavy atom. The third kappa shape index (κ3) is 3.56. The van der Waals surface area contributed by atoms with Crippen LogP contribution < -0.4 is 10.2 Å². The van der Waals surface area contributed by atoms with E-state index in [0.717, 1.165) is 37.8 Å². The summed E-state index contributed by atoms with van der Waals surface area (Å²) in [5, 5.41) is 4.33. The highest BCUT2D eigenvalue weighted by Gasteiger charge is 2.13. The number of morpholine rings is 1. The largest absolute Gasteiger partial charge is 0.378 e. The van der Waals surface area contributed by atoms with Gasteiger partial charge in [0.1, 0.15) is 18.0 Å². The molecule has 1 N–H and O–H groups in total. The van der Waals surface area contributed by atoms with E-state index in [4.69, 9.17) is 27.9 Å². The molecule has 0 radical (unpaired) electrons. The Morgan fingerprint density at radius 1 is 1.10 bits per heavy atom. The molecule has 0 saturated carbocycles. The van der Waals surface area contributed by atoms with Crippen LogP contribution in [0, 0.1) is 0 Å². The zero-order chi connectivity index (χ0) is 14.7. The molecule has 1 saturated heterocycles. The molecule has 0 unspecified atom stereocenters. The van der Waals surface area contributed by atoms with Gasteiger partial charge in [0.05, 0.1) is 23.9 Å². The van der Waals surface area contributed by atoms with Crippen molar-refractivity contribution >= 4 is 40.5 Å². The number of rotatable bonds is 3. The van der Waals surface area contributed by atoms with Crippen LogP contribution in [0.15, 0.2) is 30.6 Å². The van der Waals surface area contributed by atoms with Gasteiger partial charge in [-0.2, -0.15) is 0 Å². The molecular formula is C14H14Cl2N4O. The molecule has 0 aliphatic carbocycles. The smallest absolute Gasteiger partial charge is 0.135 e. The molecule has 0 atom stereocenters. The number of hydrogen-bond donors (Lipinski definition) is 1. The monoisotopic (exact) mass is 324 g/mol. The van der Waals surface area contributed by atoms with Crippen LogP contribution in [0.25, 0.3) is 0 Å². The first-order valence-corrected chi connectivity index (χ1v) is 7.35. The first-order chi connectivity index (χ1) is 10.2. The lowest BCUT2D eigenvalue weighted by Crippen LogP contribution is -2.36. The van der Waals surface area contributed by atoms with Gasteiger partial charge in [0, 0.05) is 24.2 Å². The number of benzene rings is 1. The fraction of sp³-hybridized carbons (Fsp3) is 0.286. The Bertz CT molecular complexity index is 632. The number of nitrogens with one attached hydrogen (secondary N) is 1. The fourth-order valence-corrected chi connectivity index (χ4v) is 2.57. The van der Waals surface area contributed by atoms with Gasteiger partial charge in [-0.1, -0.05) is 23.2 Å². The van der Waals surface area contributed by atoms with Crippen molar-refractivity contribution in [1.29, 1.82) is 0 Å². The summed E-state index contributed by atoms with van der Waals surface area (Å²) >= 11 is 12.0. The van der Waals surface area contributed by atoms with Gasteiger partial charge in [-0.05, 0) is 18.2 Å². The average Bonchev–Trinajstić information content (AvgIpc) is 2.51. The molecule has 1 aromatic heterocycles. The highest BCUT2D eigenvalue weighted by molar-refractivity contribution is 6.36. The van der Waals surface area contributed by atoms with E-state index in [2.05, 4.69) is 20.2 Å². The number of aromatic nitrogens is 2. The van der Waals surface area contributed by atoms with E-state index in [1.54, 1.807) is 12.1 Å². The van der Waals surface area contributed by atoms with Gasteiger partial charge >= 0.3 is 0 Å². The van der Waals surface area contributed by atoms with Crippen LogP contribution in [0.2, 0.25) is 10.0 Å². The minimum Gasteiger partial charge on any atom is -0.378 e. The zero-order valence-electron chi connectivity index (χ0n) is 11.2. The SMILES string of the molecule is Clc1ccc(Nc2cc(N3CCOCC3)ncn2)c(Cl)c1. The van der Waals surface area contributed by atoms with E-state index >= 15 is 0 Å². The molecule has 21 heavy (non-hydrogen) atoms. The highest BCUT2D eigenvalue weighted by Crippen LogP contribution is 2.28. The standard InChI is InChI=1S/C14H14Cl2N4O/c15-10-1-2-12(11(16)7-10)19-13-8-14(18-9-17-13)20-3-5-21-6-4-20/h1-2,7-9H,3-6H2,(H,17,18,19). The summed E-state index contributed by atoms with van der Waals surface area (Å²) in [6.45, 7) is 3.10. The maximum Gasteiger partial charge on any atom is 0.135 e. The lowest BCUT2D eigenvalue weighted by atomic mass is 10.3. The second-order valence-corrected chi connectivity index (χ2v) is 5.45. The van der Waals surface area contributed by atoms with Gasteiger partial charge in [-0.25, -0.2) is 9.97 Å². The van der Waals surface area contributed by atoms with Crippen molar-refractivity contribution < 1.29 is 4.74 Å². The van der Waals surface area contributed by atoms with E-state index < -0.39 is 0 Å². The maximum atomic E-state index is 6.15. The molecule has 7 heteroatoms. The van der Waals surface area contributed by atoms with E-state index in [1.165, 1.54) is 6.33 Å². The quantitative estimate of drug-likeness (QED) is 0.938. The number of ether oxygens (including phenoxy) is 1. The molecule has 1 fully saturated rings. The highest BCUT2D eigenvalue weighted by atomic mass is 35.5. The van der Waals surface area contributed by atoms with Crippen LogP contribution >= 0.6 is 23.2 Å². The fourth-order valence-electron chi connectivity index (χ4n) is 2.11. The van der Waals surface area contributed by atoms with Crippen molar-refractivity contribution in [3.05, 3.63) is 40.6 Å². The van der Waals surface area contributed by atoms with E-state index in [9.17, 15) is 0 Å². The Morgan fingerprint density at radius 3 is 2.67 bits per heavy atom. The number of halogens is 2. The molecule has 1 aliphatic rings. The lowest BCUT2D eigenvalue weighted by molar-refractivity contribution is 0.122. The minimum atomic E-state index is 0.550. The molecule has 110 valence electrons. The van der Waals surface area contributed by atoms with Crippen molar-refractivity contribution in [2.75, 3.05) is 36.5 Å². The predicted octanol–water partition coefficient (Wildman–Crippen LogP) is 3.36. The predicted molar refractivity (Wildman–Crippen MR) is 84.8 cm³/mol. The summed E-state index contributed by atoms with van der Waals surface area (Å²) in [5.41, 5.74) is 0.757.